The lowest BCUT2D eigenvalue weighted by atomic mass is 9.87. The van der Waals surface area contributed by atoms with Gasteiger partial charge in [-0.1, -0.05) is 48.5 Å². The van der Waals surface area contributed by atoms with E-state index in [-0.39, 0.29) is 67.2 Å². The Morgan fingerprint density at radius 3 is 1.33 bits per heavy atom. The first-order chi connectivity index (χ1) is 35.8. The Morgan fingerprint density at radius 1 is 0.579 bits per heavy atom. The Kier molecular flexibility index (Phi) is 20.0. The maximum Gasteiger partial charge on any atom is 0.251 e. The number of amides is 8. The number of nitrogens with zero attached hydrogens (tertiary/aromatic N) is 2. The number of nitrogens with two attached hydrogens (primary N) is 1. The first-order valence-electron chi connectivity index (χ1n) is 26.0. The zero-order chi connectivity index (χ0) is 54.2. The topological polar surface area (TPSA) is 306 Å². The molecule has 76 heavy (non-hydrogen) atoms. The summed E-state index contributed by atoms with van der Waals surface area (Å²) in [6.07, 6.45) is 2.01. The van der Waals surface area contributed by atoms with E-state index < -0.39 is 108 Å². The average Bonchev–Trinajstić information content (AvgIpc) is 4.03. The number of rotatable bonds is 18. The highest BCUT2D eigenvalue weighted by atomic mass is 35.5. The zero-order valence-corrected chi connectivity index (χ0v) is 44.7. The smallest absolute Gasteiger partial charge is 0.251 e. The van der Waals surface area contributed by atoms with Crippen molar-refractivity contribution < 1.29 is 48.6 Å². The molecule has 2 fully saturated rings. The van der Waals surface area contributed by atoms with Gasteiger partial charge in [-0.2, -0.15) is 0 Å². The Labute approximate surface area is 449 Å². The van der Waals surface area contributed by atoms with E-state index in [2.05, 4.69) is 42.5 Å². The molecule has 0 radical (unpaired) electrons. The van der Waals surface area contributed by atoms with Gasteiger partial charge in [0.15, 0.2) is 0 Å². The second-order valence-electron chi connectivity index (χ2n) is 20.4. The van der Waals surface area contributed by atoms with Gasteiger partial charge in [-0.05, 0) is 134 Å². The summed E-state index contributed by atoms with van der Waals surface area (Å²) < 4.78 is 0. The molecule has 12 N–H and O–H groups in total. The summed E-state index contributed by atoms with van der Waals surface area (Å²) in [6, 6.07) is 11.0. The van der Waals surface area contributed by atoms with Gasteiger partial charge in [-0.15, -0.1) is 12.4 Å². The number of carbonyl (C=O) groups is 8. The Hall–Kier alpha value is -6.65. The number of fused-ring (bicyclic) bond motifs is 2. The van der Waals surface area contributed by atoms with Crippen LogP contribution in [-0.2, 0) is 41.6 Å². The SMILES string of the molecule is CN[C@@H](C)C(=O)N[C@H](C(=O)N1C[C@@H](NC(=O)c2cc(N)cc(C(=O)N[C@H]3C[C@@H](C(=O)N[C@@H]4CCCc5ccccc54)N(C(=O)[C@@H](NC(=O)[C@H](C)NC)[C@@H](C)O)C3)c2)C[C@H]1C(=O)NC1CCCc2ccccc21)[C@@H](C)O.Cl. The fraction of sp³-hybridized carbons (Fsp3) is 0.519. The van der Waals surface area contributed by atoms with Crippen LogP contribution < -0.4 is 48.3 Å². The predicted octanol–water partition coefficient (Wildman–Crippen LogP) is 0.424. The van der Waals surface area contributed by atoms with Crippen LogP contribution in [0.15, 0.2) is 66.7 Å². The van der Waals surface area contributed by atoms with Crippen LogP contribution in [0.2, 0.25) is 0 Å². The third kappa shape index (κ3) is 13.7. The van der Waals surface area contributed by atoms with Crippen LogP contribution in [0.1, 0.15) is 121 Å². The maximum absolute atomic E-state index is 14.3. The van der Waals surface area contributed by atoms with Crippen molar-refractivity contribution in [1.29, 1.82) is 0 Å². The third-order valence-corrected chi connectivity index (χ3v) is 15.0. The minimum Gasteiger partial charge on any atom is -0.399 e. The van der Waals surface area contributed by atoms with Crippen LogP contribution in [0.5, 0.6) is 0 Å². The van der Waals surface area contributed by atoms with Gasteiger partial charge in [0, 0.05) is 42.0 Å². The second-order valence-corrected chi connectivity index (χ2v) is 20.4. The number of nitrogens with one attached hydrogen (secondary N) is 8. The lowest BCUT2D eigenvalue weighted by Gasteiger charge is -2.32. The van der Waals surface area contributed by atoms with E-state index in [0.29, 0.717) is 12.8 Å². The van der Waals surface area contributed by atoms with E-state index in [1.165, 1.54) is 41.8 Å². The normalized spacial score (nSPS) is 23.1. The van der Waals surface area contributed by atoms with Crippen molar-refractivity contribution in [2.24, 2.45) is 0 Å². The molecule has 2 aliphatic heterocycles. The number of hydrogen-bond donors (Lipinski definition) is 11. The summed E-state index contributed by atoms with van der Waals surface area (Å²) in [4.78, 5) is 114. The van der Waals surface area contributed by atoms with E-state index >= 15 is 0 Å². The van der Waals surface area contributed by atoms with Crippen LogP contribution in [-0.4, -0.2) is 155 Å². The Morgan fingerprint density at radius 2 is 0.961 bits per heavy atom. The van der Waals surface area contributed by atoms with Gasteiger partial charge >= 0.3 is 0 Å². The molecule has 1 unspecified atom stereocenters. The lowest BCUT2D eigenvalue weighted by Crippen LogP contribution is -2.59. The van der Waals surface area contributed by atoms with E-state index in [1.807, 2.05) is 48.5 Å². The molecule has 0 spiro atoms. The van der Waals surface area contributed by atoms with Crippen molar-refractivity contribution in [2.45, 2.75) is 152 Å². The number of carbonyl (C=O) groups excluding carboxylic acids is 8. The monoisotopic (exact) mass is 1070 g/mol. The number of aryl methyl sites for hydroxylation is 2. The Balaban J connectivity index is 0.00000937. The van der Waals surface area contributed by atoms with Crippen molar-refractivity contribution in [1.82, 2.24) is 52.3 Å². The highest BCUT2D eigenvalue weighted by Gasteiger charge is 2.46. The van der Waals surface area contributed by atoms with Crippen molar-refractivity contribution in [3.63, 3.8) is 0 Å². The second kappa shape index (κ2) is 25.9. The maximum atomic E-state index is 14.3. The van der Waals surface area contributed by atoms with Crippen molar-refractivity contribution in [3.8, 4) is 0 Å². The molecule has 4 aliphatic rings. The zero-order valence-electron chi connectivity index (χ0n) is 43.9. The molecular weight excluding hydrogens is 998 g/mol. The minimum absolute atomic E-state index is 0. The molecule has 412 valence electrons. The van der Waals surface area contributed by atoms with Crippen LogP contribution >= 0.6 is 12.4 Å². The summed E-state index contributed by atoms with van der Waals surface area (Å²) in [5.41, 5.74) is 10.5. The highest BCUT2D eigenvalue weighted by molar-refractivity contribution is 6.02. The molecule has 0 bridgehead atoms. The summed E-state index contributed by atoms with van der Waals surface area (Å²) in [5.74, 6) is -4.80. The van der Waals surface area contributed by atoms with Crippen molar-refractivity contribution in [2.75, 3.05) is 32.9 Å². The molecule has 0 saturated carbocycles. The largest absolute Gasteiger partial charge is 0.399 e. The summed E-state index contributed by atoms with van der Waals surface area (Å²) >= 11 is 0. The van der Waals surface area contributed by atoms with E-state index in [0.717, 1.165) is 47.9 Å². The van der Waals surface area contributed by atoms with Gasteiger partial charge < -0.3 is 68.3 Å². The van der Waals surface area contributed by atoms with Crippen LogP contribution in [0, 0.1) is 0 Å². The minimum atomic E-state index is -1.42. The molecule has 22 heteroatoms. The number of anilines is 1. The van der Waals surface area contributed by atoms with E-state index in [1.54, 1.807) is 27.9 Å². The van der Waals surface area contributed by atoms with Crippen LogP contribution in [0.4, 0.5) is 5.69 Å². The summed E-state index contributed by atoms with van der Waals surface area (Å²) in [7, 11) is 3.15. The number of aliphatic hydroxyl groups is 2. The van der Waals surface area contributed by atoms with E-state index in [4.69, 9.17) is 5.73 Å². The summed E-state index contributed by atoms with van der Waals surface area (Å²) in [6.45, 7) is 5.59. The molecule has 12 atom stereocenters. The number of halogens is 1. The molecule has 2 saturated heterocycles. The highest BCUT2D eigenvalue weighted by Crippen LogP contribution is 2.33. The molecule has 3 aromatic rings. The Bertz CT molecular complexity index is 2470. The predicted molar refractivity (Wildman–Crippen MR) is 286 cm³/mol. The number of likely N-dealkylation sites (tertiary alicyclic amines) is 2. The molecule has 0 aromatic heterocycles. The molecule has 3 aromatic carbocycles. The number of nitrogen functional groups attached to an aromatic ring is 1. The van der Waals surface area contributed by atoms with Gasteiger partial charge in [0.2, 0.25) is 35.4 Å². The van der Waals surface area contributed by atoms with Gasteiger partial charge in [0.1, 0.15) is 24.2 Å². The van der Waals surface area contributed by atoms with Gasteiger partial charge in [0.05, 0.1) is 36.4 Å². The quantitative estimate of drug-likeness (QED) is 0.0772. The van der Waals surface area contributed by atoms with Crippen molar-refractivity contribution >= 4 is 65.4 Å². The van der Waals surface area contributed by atoms with Gasteiger partial charge in [-0.25, -0.2) is 0 Å². The number of likely N-dealkylation sites (N-methyl/N-ethyl adjacent to an activating group) is 2. The number of aliphatic hydroxyl groups excluding tert-OH is 2. The molecule has 21 nitrogen and oxygen atoms in total. The number of benzene rings is 3. The molecule has 2 aliphatic carbocycles. The summed E-state index contributed by atoms with van der Waals surface area (Å²) in [5, 5.41) is 44.5. The molecular formula is C54H74ClN11O10. The molecule has 2 heterocycles. The molecule has 7 rings (SSSR count). The first kappa shape index (κ1) is 58.6. The average molecular weight is 1070 g/mol. The third-order valence-electron chi connectivity index (χ3n) is 15.0. The van der Waals surface area contributed by atoms with Gasteiger partial charge in [-0.3, -0.25) is 38.4 Å². The molecule has 8 amide bonds. The fourth-order valence-corrected chi connectivity index (χ4v) is 10.6. The van der Waals surface area contributed by atoms with Gasteiger partial charge in [0.25, 0.3) is 11.8 Å². The first-order valence-corrected chi connectivity index (χ1v) is 26.0. The number of hydrogen-bond acceptors (Lipinski definition) is 13. The standard InChI is InChI=1S/C54H73N11O10.ClH/c1-28(56-5)47(68)62-45(30(3)66)53(74)64-26-37(24-43(64)51(72)60-41-19-11-15-32-13-7-9-17-39(32)41)58-49(70)34-21-35(23-36(55)22-34)50(71)59-38-25-44(52(73)61-42-20-12-16-33-14-8-10-18-40(33)42)65(27-38)54(75)46(31(4)67)63-48(69)29(2)57-6;/h7-10,13-14,17-18,21-23,28-31,37-38,41-46,56-57,66-67H,11-12,15-16,19-20,24-27,55H2,1-6H3,(H,58,70)(H,59,71)(H,60,72)(H,61,73)(H,62,68)(H,63,69);1H/t28-,29-,30+,31+,37-,38-,41+,42?,43-,44-,45-,46-;/m0./s1. The lowest BCUT2D eigenvalue weighted by molar-refractivity contribution is -0.144. The van der Waals surface area contributed by atoms with Crippen LogP contribution in [0.25, 0.3) is 0 Å². The van der Waals surface area contributed by atoms with E-state index in [9.17, 15) is 48.6 Å². The fourth-order valence-electron chi connectivity index (χ4n) is 10.6. The van der Waals surface area contributed by atoms with Crippen LogP contribution in [0.3, 0.4) is 0 Å². The van der Waals surface area contributed by atoms with Crippen molar-refractivity contribution in [3.05, 3.63) is 100 Å².